The molecule has 0 aliphatic carbocycles. The van der Waals surface area contributed by atoms with Gasteiger partial charge in [0.25, 0.3) is 0 Å². The second-order valence-corrected chi connectivity index (χ2v) is 11.8. The lowest BCUT2D eigenvalue weighted by Gasteiger charge is -2.22. The van der Waals surface area contributed by atoms with E-state index in [0.29, 0.717) is 11.1 Å². The van der Waals surface area contributed by atoms with Gasteiger partial charge < -0.3 is 20.1 Å². The van der Waals surface area contributed by atoms with Crippen LogP contribution in [0.1, 0.15) is 25.6 Å². The third-order valence-corrected chi connectivity index (χ3v) is 8.37. The van der Waals surface area contributed by atoms with Crippen molar-refractivity contribution in [2.24, 2.45) is 0 Å². The monoisotopic (exact) mass is 549 g/mol. The predicted octanol–water partition coefficient (Wildman–Crippen LogP) is 2.48. The van der Waals surface area contributed by atoms with Crippen LogP contribution in [0.4, 0.5) is 5.95 Å². The highest BCUT2D eigenvalue weighted by molar-refractivity contribution is 8.00. The molecule has 4 N–H and O–H groups in total. The molecule has 0 spiro atoms. The minimum Gasteiger partial charge on any atom is -0.462 e. The van der Waals surface area contributed by atoms with Gasteiger partial charge in [0.05, 0.1) is 18.8 Å². The highest BCUT2D eigenvalue weighted by atomic mass is 32.2. The van der Waals surface area contributed by atoms with Crippen LogP contribution >= 0.6 is 19.5 Å². The Balaban J connectivity index is 1.50. The minimum atomic E-state index is -4.08. The third kappa shape index (κ3) is 6.88. The smallest absolute Gasteiger partial charge is 0.459 e. The van der Waals surface area contributed by atoms with Crippen molar-refractivity contribution in [1.29, 1.82) is 0 Å². The maximum absolute atomic E-state index is 13.8. The number of esters is 1. The molecule has 0 bridgehead atoms. The highest BCUT2D eigenvalue weighted by Crippen LogP contribution is 2.48. The molecule has 2 aromatic carbocycles. The summed E-state index contributed by atoms with van der Waals surface area (Å²) in [6, 6.07) is 12.7. The van der Waals surface area contributed by atoms with Gasteiger partial charge in [0.2, 0.25) is 5.95 Å². The Morgan fingerprint density at radius 1 is 1.30 bits per heavy atom. The first-order valence-electron chi connectivity index (χ1n) is 11.5. The summed E-state index contributed by atoms with van der Waals surface area (Å²) in [5.41, 5.74) is 4.81. The van der Waals surface area contributed by atoms with Crippen molar-refractivity contribution in [2.45, 2.75) is 43.1 Å². The zero-order valence-corrected chi connectivity index (χ0v) is 21.9. The SMILES string of the molecule is CC(C)OC(=O)CNP(=O)(OC[C@@H]1C[C@H](O)C(n2cnc(N)nc2=O)S1)Oc1cccc2ccccc12. The van der Waals surface area contributed by atoms with Gasteiger partial charge in [0, 0.05) is 10.6 Å². The van der Waals surface area contributed by atoms with Crippen LogP contribution in [0.2, 0.25) is 0 Å². The Morgan fingerprint density at radius 2 is 2.05 bits per heavy atom. The van der Waals surface area contributed by atoms with Crippen molar-refractivity contribution in [2.75, 3.05) is 18.9 Å². The minimum absolute atomic E-state index is 0.100. The summed E-state index contributed by atoms with van der Waals surface area (Å²) >= 11 is 1.25. The molecule has 1 aromatic heterocycles. The third-order valence-electron chi connectivity index (χ3n) is 5.37. The van der Waals surface area contributed by atoms with E-state index in [9.17, 15) is 19.3 Å². The Labute approximate surface area is 217 Å². The molecule has 4 atom stereocenters. The van der Waals surface area contributed by atoms with Crippen LogP contribution in [0.15, 0.2) is 53.6 Å². The van der Waals surface area contributed by atoms with Crippen LogP contribution < -0.4 is 21.0 Å². The Kier molecular flexibility index (Phi) is 8.50. The molecule has 12 nitrogen and oxygen atoms in total. The fraction of sp³-hybridized carbons (Fsp3) is 0.391. The molecule has 0 saturated carbocycles. The zero-order chi connectivity index (χ0) is 26.6. The molecule has 3 aromatic rings. The summed E-state index contributed by atoms with van der Waals surface area (Å²) in [4.78, 5) is 31.7. The van der Waals surface area contributed by atoms with Gasteiger partial charge in [-0.2, -0.15) is 4.98 Å². The first kappa shape index (κ1) is 27.1. The van der Waals surface area contributed by atoms with Crippen molar-refractivity contribution < 1.29 is 28.3 Å². The molecule has 198 valence electrons. The molecule has 1 aliphatic rings. The number of aliphatic hydroxyl groups excluding tert-OH is 1. The van der Waals surface area contributed by atoms with E-state index in [-0.39, 0.29) is 30.3 Å². The van der Waals surface area contributed by atoms with E-state index in [1.165, 1.54) is 22.7 Å². The number of aliphatic hydroxyl groups is 1. The van der Waals surface area contributed by atoms with E-state index in [4.69, 9.17) is 19.5 Å². The molecule has 2 unspecified atom stereocenters. The lowest BCUT2D eigenvalue weighted by Crippen LogP contribution is -2.30. The van der Waals surface area contributed by atoms with Crippen LogP contribution in [0.3, 0.4) is 0 Å². The lowest BCUT2D eigenvalue weighted by atomic mass is 10.1. The Morgan fingerprint density at radius 3 is 2.81 bits per heavy atom. The fourth-order valence-electron chi connectivity index (χ4n) is 3.77. The van der Waals surface area contributed by atoms with Crippen LogP contribution in [0.5, 0.6) is 5.75 Å². The molecule has 37 heavy (non-hydrogen) atoms. The maximum atomic E-state index is 13.8. The lowest BCUT2D eigenvalue weighted by molar-refractivity contribution is -0.145. The number of ether oxygens (including phenoxy) is 1. The topological polar surface area (TPSA) is 168 Å². The summed E-state index contributed by atoms with van der Waals surface area (Å²) in [5.74, 6) is -0.463. The summed E-state index contributed by atoms with van der Waals surface area (Å²) in [7, 11) is -4.08. The van der Waals surface area contributed by atoms with Crippen LogP contribution in [-0.2, 0) is 18.6 Å². The van der Waals surface area contributed by atoms with Gasteiger partial charge in [-0.15, -0.1) is 11.8 Å². The van der Waals surface area contributed by atoms with Gasteiger partial charge >= 0.3 is 19.4 Å². The second-order valence-electron chi connectivity index (χ2n) is 8.59. The summed E-state index contributed by atoms with van der Waals surface area (Å²) in [6.45, 7) is 2.91. The first-order valence-corrected chi connectivity index (χ1v) is 14.0. The molecule has 0 amide bonds. The fourth-order valence-corrected chi connectivity index (χ4v) is 6.62. The molecular weight excluding hydrogens is 521 g/mol. The second kappa shape index (κ2) is 11.6. The number of nitrogens with zero attached hydrogens (tertiary/aromatic N) is 3. The van der Waals surface area contributed by atoms with Gasteiger partial charge in [-0.05, 0) is 31.7 Å². The zero-order valence-electron chi connectivity index (χ0n) is 20.2. The molecule has 4 rings (SSSR count). The van der Waals surface area contributed by atoms with E-state index in [1.54, 1.807) is 26.0 Å². The number of hydrogen-bond acceptors (Lipinski definition) is 11. The number of nitrogen functional groups attached to an aromatic ring is 1. The molecular formula is C23H28N5O7PS. The maximum Gasteiger partial charge on any atom is 0.459 e. The molecule has 1 fully saturated rings. The number of rotatable bonds is 10. The number of fused-ring (bicyclic) bond motifs is 1. The van der Waals surface area contributed by atoms with Gasteiger partial charge in [-0.25, -0.2) is 19.4 Å². The number of carbonyl (C=O) groups is 1. The van der Waals surface area contributed by atoms with E-state index >= 15 is 0 Å². The highest BCUT2D eigenvalue weighted by Gasteiger charge is 2.38. The van der Waals surface area contributed by atoms with Gasteiger partial charge in [0.1, 0.15) is 24.0 Å². The van der Waals surface area contributed by atoms with Crippen molar-refractivity contribution in [3.05, 3.63) is 59.3 Å². The van der Waals surface area contributed by atoms with Gasteiger partial charge in [-0.3, -0.25) is 13.9 Å². The van der Waals surface area contributed by atoms with E-state index < -0.39 is 37.4 Å². The molecule has 1 saturated heterocycles. The van der Waals surface area contributed by atoms with Crippen molar-refractivity contribution in [3.8, 4) is 5.75 Å². The largest absolute Gasteiger partial charge is 0.462 e. The number of anilines is 1. The number of carbonyl (C=O) groups excluding carboxylic acids is 1. The molecule has 14 heteroatoms. The van der Waals surface area contributed by atoms with Crippen molar-refractivity contribution in [1.82, 2.24) is 19.6 Å². The quantitative estimate of drug-likeness (QED) is 0.250. The molecule has 2 heterocycles. The van der Waals surface area contributed by atoms with Crippen LogP contribution in [0, 0.1) is 0 Å². The normalized spacial score (nSPS) is 21.1. The first-order chi connectivity index (χ1) is 17.6. The summed E-state index contributed by atoms with van der Waals surface area (Å²) in [6.07, 6.45) is 0.222. The Hall–Kier alpha value is -2.96. The number of thioether (sulfide) groups is 1. The van der Waals surface area contributed by atoms with Gasteiger partial charge in [-0.1, -0.05) is 36.4 Å². The van der Waals surface area contributed by atoms with Crippen molar-refractivity contribution in [3.63, 3.8) is 0 Å². The predicted molar refractivity (Wildman–Crippen MR) is 139 cm³/mol. The van der Waals surface area contributed by atoms with Crippen molar-refractivity contribution >= 4 is 42.2 Å². The summed E-state index contributed by atoms with van der Waals surface area (Å²) < 4.78 is 31.7. The molecule has 1 aliphatic heterocycles. The standard InChI is InChI=1S/C23H28N5O7PS/c1-14(2)34-20(30)11-26-36(32,35-19-9-5-7-15-6-3-4-8-17(15)19)33-12-16-10-18(29)21(37-16)28-13-25-22(24)27-23(28)31/h3-9,13-14,16,18,21,29H,10-12H2,1-2H3,(H,26,32)(H2,24,27,31)/t16-,18-,21?,36?/m0/s1. The van der Waals surface area contributed by atoms with Gasteiger partial charge in [0.15, 0.2) is 0 Å². The number of hydrogen-bond donors (Lipinski definition) is 3. The molecule has 0 radical (unpaired) electrons. The van der Waals surface area contributed by atoms with Crippen LogP contribution in [-0.4, -0.2) is 56.2 Å². The van der Waals surface area contributed by atoms with E-state index in [1.807, 2.05) is 30.3 Å². The number of nitrogens with one attached hydrogen (secondary N) is 1. The average Bonchev–Trinajstić information content (AvgIpc) is 3.22. The van der Waals surface area contributed by atoms with Crippen LogP contribution in [0.25, 0.3) is 10.8 Å². The van der Waals surface area contributed by atoms with E-state index in [0.717, 1.165) is 5.39 Å². The summed E-state index contributed by atoms with van der Waals surface area (Å²) in [5, 5.41) is 13.7. The number of benzene rings is 2. The Bertz CT molecular complexity index is 1370. The number of aromatic nitrogens is 3. The average molecular weight is 550 g/mol. The number of nitrogens with two attached hydrogens (primary N) is 1. The van der Waals surface area contributed by atoms with E-state index in [2.05, 4.69) is 15.1 Å².